The van der Waals surface area contributed by atoms with Gasteiger partial charge in [-0.25, -0.2) is 14.2 Å². The predicted octanol–water partition coefficient (Wildman–Crippen LogP) is 2.44. The Hall–Kier alpha value is -3.40. The fourth-order valence-corrected chi connectivity index (χ4v) is 4.48. The lowest BCUT2D eigenvalue weighted by Gasteiger charge is -2.20. The van der Waals surface area contributed by atoms with Crippen molar-refractivity contribution in [1.29, 1.82) is 0 Å². The van der Waals surface area contributed by atoms with E-state index < -0.39 is 6.09 Å². The number of benzene rings is 1. The van der Waals surface area contributed by atoms with Crippen molar-refractivity contribution in [3.63, 3.8) is 0 Å². The van der Waals surface area contributed by atoms with E-state index >= 15 is 0 Å². The first-order chi connectivity index (χ1) is 16.0. The van der Waals surface area contributed by atoms with Gasteiger partial charge in [-0.1, -0.05) is 6.07 Å². The second-order valence-corrected chi connectivity index (χ2v) is 8.39. The molecule has 1 aromatic carbocycles. The molecule has 33 heavy (non-hydrogen) atoms. The molecular weight excluding hydrogens is 429 g/mol. The van der Waals surface area contributed by atoms with Crippen LogP contribution < -0.4 is 25.2 Å². The van der Waals surface area contributed by atoms with E-state index in [0.717, 1.165) is 12.0 Å². The number of fused-ring (bicyclic) bond motifs is 2. The third-order valence-electron chi connectivity index (χ3n) is 6.19. The molecule has 0 saturated carbocycles. The van der Waals surface area contributed by atoms with E-state index in [2.05, 4.69) is 15.6 Å². The van der Waals surface area contributed by atoms with Gasteiger partial charge in [0.15, 0.2) is 11.6 Å². The van der Waals surface area contributed by atoms with Crippen LogP contribution in [0.2, 0.25) is 0 Å². The lowest BCUT2D eigenvalue weighted by molar-refractivity contribution is -0.117. The van der Waals surface area contributed by atoms with Crippen molar-refractivity contribution >= 4 is 29.3 Å². The molecule has 0 bridgehead atoms. The van der Waals surface area contributed by atoms with Crippen molar-refractivity contribution in [3.05, 3.63) is 41.2 Å². The van der Waals surface area contributed by atoms with Crippen LogP contribution in [0.4, 0.5) is 26.5 Å². The molecule has 1 saturated heterocycles. The molecule has 174 valence electrons. The standard InChI is InChI=1S/C23H26FN5O4/c1-28-20(30)11-14-4-5-17(24)16(21(14)28)12-25-8-2-3-15-13-29(23(31)33-15)19-7-6-18-22(27-19)26-9-10-32-18/h4-7,15,25H,2-3,8-13H2,1H3,(H,26,27). The number of amides is 2. The summed E-state index contributed by atoms with van der Waals surface area (Å²) < 4.78 is 25.4. The Bertz CT molecular complexity index is 1090. The fraction of sp³-hybridized carbons (Fsp3) is 0.435. The number of halogens is 1. The number of nitrogens with zero attached hydrogens (tertiary/aromatic N) is 3. The summed E-state index contributed by atoms with van der Waals surface area (Å²) in [5.74, 6) is 1.49. The highest BCUT2D eigenvalue weighted by Gasteiger charge is 2.33. The molecule has 1 unspecified atom stereocenters. The van der Waals surface area contributed by atoms with Gasteiger partial charge in [-0.3, -0.25) is 9.69 Å². The van der Waals surface area contributed by atoms with Gasteiger partial charge in [0.2, 0.25) is 5.91 Å². The molecule has 2 aromatic rings. The van der Waals surface area contributed by atoms with Crippen molar-refractivity contribution in [1.82, 2.24) is 10.3 Å². The number of ether oxygens (including phenoxy) is 2. The molecule has 9 nitrogen and oxygen atoms in total. The minimum absolute atomic E-state index is 0.0267. The normalized spacial score (nSPS) is 19.2. The SMILES string of the molecule is CN1C(=O)Cc2ccc(F)c(CNCCCC3CN(c4ccc5c(n4)NCCO5)C(=O)O3)c21. The number of cyclic esters (lactones) is 1. The summed E-state index contributed by atoms with van der Waals surface area (Å²) in [5, 5.41) is 6.42. The van der Waals surface area contributed by atoms with Crippen molar-refractivity contribution in [2.24, 2.45) is 0 Å². The van der Waals surface area contributed by atoms with E-state index in [1.54, 1.807) is 25.2 Å². The van der Waals surface area contributed by atoms with Crippen LogP contribution in [0.1, 0.15) is 24.0 Å². The van der Waals surface area contributed by atoms with E-state index in [9.17, 15) is 14.0 Å². The lowest BCUT2D eigenvalue weighted by atomic mass is 10.1. The van der Waals surface area contributed by atoms with Gasteiger partial charge in [0.1, 0.15) is 24.3 Å². The van der Waals surface area contributed by atoms with Crippen LogP contribution in [0.25, 0.3) is 0 Å². The lowest BCUT2D eigenvalue weighted by Crippen LogP contribution is -2.27. The Balaban J connectivity index is 1.12. The number of aromatic nitrogens is 1. The van der Waals surface area contributed by atoms with Crippen LogP contribution in [0.3, 0.4) is 0 Å². The number of pyridine rings is 1. The summed E-state index contributed by atoms with van der Waals surface area (Å²) in [6.45, 7) is 2.65. The molecule has 1 fully saturated rings. The molecule has 3 aliphatic rings. The molecule has 0 aliphatic carbocycles. The number of rotatable bonds is 7. The van der Waals surface area contributed by atoms with Gasteiger partial charge in [-0.05, 0) is 43.1 Å². The first-order valence-electron chi connectivity index (χ1n) is 11.1. The highest BCUT2D eigenvalue weighted by Crippen LogP contribution is 2.33. The van der Waals surface area contributed by atoms with E-state index in [4.69, 9.17) is 9.47 Å². The van der Waals surface area contributed by atoms with Crippen molar-refractivity contribution < 1.29 is 23.5 Å². The van der Waals surface area contributed by atoms with E-state index in [1.165, 1.54) is 15.9 Å². The topological polar surface area (TPSA) is 96.0 Å². The molecule has 2 N–H and O–H groups in total. The number of carbonyl (C=O) groups excluding carboxylic acids is 2. The summed E-state index contributed by atoms with van der Waals surface area (Å²) in [6, 6.07) is 6.66. The van der Waals surface area contributed by atoms with Crippen LogP contribution >= 0.6 is 0 Å². The van der Waals surface area contributed by atoms with Gasteiger partial charge in [0, 0.05) is 19.2 Å². The Kier molecular flexibility index (Phi) is 5.76. The molecule has 1 atom stereocenters. The van der Waals surface area contributed by atoms with E-state index in [1.807, 2.05) is 0 Å². The van der Waals surface area contributed by atoms with Crippen LogP contribution in [0.15, 0.2) is 24.3 Å². The van der Waals surface area contributed by atoms with Crippen molar-refractivity contribution in [2.45, 2.75) is 31.9 Å². The van der Waals surface area contributed by atoms with Gasteiger partial charge >= 0.3 is 6.09 Å². The first-order valence-corrected chi connectivity index (χ1v) is 11.1. The minimum atomic E-state index is -0.410. The Morgan fingerprint density at radius 3 is 3.03 bits per heavy atom. The summed E-state index contributed by atoms with van der Waals surface area (Å²) in [6.07, 6.45) is 1.10. The maximum absolute atomic E-state index is 14.4. The maximum atomic E-state index is 14.4. The predicted molar refractivity (Wildman–Crippen MR) is 120 cm³/mol. The van der Waals surface area contributed by atoms with Crippen molar-refractivity contribution in [2.75, 3.05) is 48.4 Å². The Morgan fingerprint density at radius 1 is 1.27 bits per heavy atom. The number of likely N-dealkylation sites (N-methyl/N-ethyl adjacent to an activating group) is 1. The van der Waals surface area contributed by atoms with Gasteiger partial charge in [-0.2, -0.15) is 0 Å². The molecule has 3 aliphatic heterocycles. The molecule has 10 heteroatoms. The highest BCUT2D eigenvalue weighted by molar-refractivity contribution is 6.01. The minimum Gasteiger partial charge on any atom is -0.488 e. The van der Waals surface area contributed by atoms with Gasteiger partial charge in [0.05, 0.1) is 25.2 Å². The number of anilines is 3. The molecule has 1 aromatic heterocycles. The summed E-state index contributed by atoms with van der Waals surface area (Å²) in [7, 11) is 1.68. The van der Waals surface area contributed by atoms with Crippen LogP contribution in [-0.2, 0) is 22.5 Å². The van der Waals surface area contributed by atoms with Crippen LogP contribution in [-0.4, -0.2) is 56.4 Å². The molecule has 5 rings (SSSR count). The second kappa shape index (κ2) is 8.86. The van der Waals surface area contributed by atoms with Gasteiger partial charge in [-0.15, -0.1) is 0 Å². The van der Waals surface area contributed by atoms with Crippen LogP contribution in [0.5, 0.6) is 5.75 Å². The smallest absolute Gasteiger partial charge is 0.415 e. The largest absolute Gasteiger partial charge is 0.488 e. The maximum Gasteiger partial charge on any atom is 0.415 e. The molecule has 2 amide bonds. The third kappa shape index (κ3) is 4.18. The first kappa shape index (κ1) is 21.4. The van der Waals surface area contributed by atoms with Gasteiger partial charge in [0.25, 0.3) is 0 Å². The third-order valence-corrected chi connectivity index (χ3v) is 6.19. The monoisotopic (exact) mass is 455 g/mol. The average molecular weight is 455 g/mol. The zero-order valence-electron chi connectivity index (χ0n) is 18.4. The molecule has 4 heterocycles. The summed E-state index contributed by atoms with van der Waals surface area (Å²) >= 11 is 0. The number of carbonyl (C=O) groups is 2. The number of hydrogen-bond acceptors (Lipinski definition) is 7. The highest BCUT2D eigenvalue weighted by atomic mass is 19.1. The second-order valence-electron chi connectivity index (χ2n) is 8.39. The fourth-order valence-electron chi connectivity index (χ4n) is 4.48. The molecular formula is C23H26FN5O4. The average Bonchev–Trinajstić information content (AvgIpc) is 3.33. The Labute approximate surface area is 190 Å². The van der Waals surface area contributed by atoms with E-state index in [-0.39, 0.29) is 17.8 Å². The van der Waals surface area contributed by atoms with Gasteiger partial charge < -0.3 is 25.0 Å². The summed E-state index contributed by atoms with van der Waals surface area (Å²) in [4.78, 5) is 31.9. The van der Waals surface area contributed by atoms with Crippen LogP contribution in [0, 0.1) is 5.82 Å². The molecule has 0 radical (unpaired) electrons. The number of nitrogens with one attached hydrogen (secondary N) is 2. The zero-order valence-corrected chi connectivity index (χ0v) is 18.4. The quantitative estimate of drug-likeness (QED) is 0.619. The summed E-state index contributed by atoms with van der Waals surface area (Å²) in [5.41, 5.74) is 2.04. The van der Waals surface area contributed by atoms with Crippen molar-refractivity contribution in [3.8, 4) is 5.75 Å². The zero-order chi connectivity index (χ0) is 22.9. The Morgan fingerprint density at radius 2 is 2.15 bits per heavy atom. The van der Waals surface area contributed by atoms with E-state index in [0.29, 0.717) is 74.3 Å². The molecule has 0 spiro atoms. The number of hydrogen-bond donors (Lipinski definition) is 2.